The van der Waals surface area contributed by atoms with Crippen LogP contribution in [0.2, 0.25) is 0 Å². The van der Waals surface area contributed by atoms with Gasteiger partial charge >= 0.3 is 0 Å². The predicted octanol–water partition coefficient (Wildman–Crippen LogP) is 3.60. The number of nitrogens with zero attached hydrogens (tertiary/aromatic N) is 1. The van der Waals surface area contributed by atoms with Gasteiger partial charge in [-0.3, -0.25) is 0 Å². The van der Waals surface area contributed by atoms with Gasteiger partial charge in [-0.2, -0.15) is 0 Å². The minimum atomic E-state index is 0.738. The highest BCUT2D eigenvalue weighted by Gasteiger charge is 2.03. The lowest BCUT2D eigenvalue weighted by molar-refractivity contribution is 0.316. The fraction of sp³-hybridized carbons (Fsp3) is 0.250. The maximum absolute atomic E-state index is 5.46. The van der Waals surface area contributed by atoms with Crippen molar-refractivity contribution in [3.63, 3.8) is 0 Å². The Morgan fingerprint density at radius 1 is 1.27 bits per heavy atom. The molecule has 2 nitrogen and oxygen atoms in total. The maximum Gasteiger partial charge on any atom is 0.273 e. The van der Waals surface area contributed by atoms with Gasteiger partial charge in [0.15, 0.2) is 0 Å². The molecule has 0 saturated heterocycles. The molecule has 0 atom stereocenters. The number of thiazole rings is 1. The second-order valence-electron chi connectivity index (χ2n) is 3.21. The van der Waals surface area contributed by atoms with Gasteiger partial charge in [-0.25, -0.2) is 4.98 Å². The summed E-state index contributed by atoms with van der Waals surface area (Å²) in [6.07, 6.45) is 1.01. The molecule has 78 valence electrons. The number of hydrogen-bond donors (Lipinski definition) is 0. The van der Waals surface area contributed by atoms with Crippen LogP contribution in [0.3, 0.4) is 0 Å². The van der Waals surface area contributed by atoms with Gasteiger partial charge in [-0.05, 0) is 6.42 Å². The summed E-state index contributed by atoms with van der Waals surface area (Å²) in [4.78, 5) is 4.41. The first-order chi connectivity index (χ1) is 7.40. The highest BCUT2D eigenvalue weighted by Crippen LogP contribution is 2.26. The van der Waals surface area contributed by atoms with Crippen molar-refractivity contribution in [1.82, 2.24) is 4.98 Å². The average molecular weight is 219 g/mol. The number of aromatic nitrogens is 1. The maximum atomic E-state index is 5.46. The third-order valence-corrected chi connectivity index (χ3v) is 2.73. The molecule has 3 heteroatoms. The fourth-order valence-corrected chi connectivity index (χ4v) is 1.96. The number of rotatable bonds is 4. The molecule has 0 saturated carbocycles. The van der Waals surface area contributed by atoms with E-state index in [2.05, 4.69) is 24.0 Å². The lowest BCUT2D eigenvalue weighted by Gasteiger charge is -1.97. The van der Waals surface area contributed by atoms with E-state index in [0.717, 1.165) is 29.5 Å². The Labute approximate surface area is 93.6 Å². The lowest BCUT2D eigenvalue weighted by atomic mass is 10.2. The van der Waals surface area contributed by atoms with E-state index in [1.54, 1.807) is 11.3 Å². The Kier molecular flexibility index (Phi) is 3.35. The van der Waals surface area contributed by atoms with Crippen molar-refractivity contribution >= 4 is 11.3 Å². The third kappa shape index (κ3) is 2.57. The second-order valence-corrected chi connectivity index (χ2v) is 4.03. The van der Waals surface area contributed by atoms with Crippen LogP contribution >= 0.6 is 11.3 Å². The molecule has 1 aromatic carbocycles. The van der Waals surface area contributed by atoms with Crippen molar-refractivity contribution in [3.05, 3.63) is 35.7 Å². The van der Waals surface area contributed by atoms with Crippen molar-refractivity contribution in [1.29, 1.82) is 0 Å². The van der Waals surface area contributed by atoms with Gasteiger partial charge in [-0.1, -0.05) is 48.6 Å². The number of benzene rings is 1. The van der Waals surface area contributed by atoms with Crippen molar-refractivity contribution in [2.75, 3.05) is 6.61 Å². The van der Waals surface area contributed by atoms with E-state index in [4.69, 9.17) is 4.74 Å². The molecule has 1 heterocycles. The molecule has 2 aromatic rings. The zero-order chi connectivity index (χ0) is 10.5. The van der Waals surface area contributed by atoms with Gasteiger partial charge in [-0.15, -0.1) is 0 Å². The minimum absolute atomic E-state index is 0.738. The van der Waals surface area contributed by atoms with Crippen LogP contribution in [0.15, 0.2) is 35.7 Å². The fourth-order valence-electron chi connectivity index (χ4n) is 1.25. The zero-order valence-electron chi connectivity index (χ0n) is 8.64. The molecule has 0 N–H and O–H groups in total. The SMILES string of the molecule is CCCOc1nc(-c2ccccc2)cs1. The molecule has 0 spiro atoms. The molecule has 0 radical (unpaired) electrons. The van der Waals surface area contributed by atoms with E-state index in [1.165, 1.54) is 0 Å². The van der Waals surface area contributed by atoms with E-state index in [-0.39, 0.29) is 0 Å². The topological polar surface area (TPSA) is 22.1 Å². The summed E-state index contributed by atoms with van der Waals surface area (Å²) in [6, 6.07) is 10.1. The van der Waals surface area contributed by atoms with Gasteiger partial charge in [0.05, 0.1) is 12.3 Å². The normalized spacial score (nSPS) is 10.2. The lowest BCUT2D eigenvalue weighted by Crippen LogP contribution is -1.93. The van der Waals surface area contributed by atoms with Crippen LogP contribution < -0.4 is 4.74 Å². The summed E-state index contributed by atoms with van der Waals surface area (Å²) in [5.41, 5.74) is 2.13. The van der Waals surface area contributed by atoms with E-state index in [1.807, 2.05) is 23.6 Å². The van der Waals surface area contributed by atoms with Crippen molar-refractivity contribution in [2.24, 2.45) is 0 Å². The van der Waals surface area contributed by atoms with Crippen LogP contribution in [0.5, 0.6) is 5.19 Å². The molecular weight excluding hydrogens is 206 g/mol. The summed E-state index contributed by atoms with van der Waals surface area (Å²) in [7, 11) is 0. The molecular formula is C12H13NOS. The van der Waals surface area contributed by atoms with Crippen LogP contribution in [0.1, 0.15) is 13.3 Å². The van der Waals surface area contributed by atoms with Crippen LogP contribution in [0.4, 0.5) is 0 Å². The van der Waals surface area contributed by atoms with Gasteiger partial charge < -0.3 is 4.74 Å². The largest absolute Gasteiger partial charge is 0.470 e. The van der Waals surface area contributed by atoms with Crippen molar-refractivity contribution in [2.45, 2.75) is 13.3 Å². The molecule has 0 aliphatic heterocycles. The Bertz CT molecular complexity index is 411. The standard InChI is InChI=1S/C12H13NOS/c1-2-8-14-12-13-11(9-15-12)10-6-4-3-5-7-10/h3-7,9H,2,8H2,1H3. The highest BCUT2D eigenvalue weighted by molar-refractivity contribution is 7.11. The average Bonchev–Trinajstić information content (AvgIpc) is 2.76. The van der Waals surface area contributed by atoms with E-state index < -0.39 is 0 Å². The smallest absolute Gasteiger partial charge is 0.273 e. The first-order valence-electron chi connectivity index (χ1n) is 5.04. The monoisotopic (exact) mass is 219 g/mol. The Morgan fingerprint density at radius 3 is 2.80 bits per heavy atom. The van der Waals surface area contributed by atoms with E-state index in [0.29, 0.717) is 0 Å². The zero-order valence-corrected chi connectivity index (χ0v) is 9.46. The first-order valence-corrected chi connectivity index (χ1v) is 5.92. The molecule has 15 heavy (non-hydrogen) atoms. The third-order valence-electron chi connectivity index (χ3n) is 1.98. The van der Waals surface area contributed by atoms with Gasteiger partial charge in [0, 0.05) is 10.9 Å². The van der Waals surface area contributed by atoms with Crippen LogP contribution in [-0.2, 0) is 0 Å². The molecule has 0 aliphatic rings. The molecule has 0 fully saturated rings. The summed E-state index contributed by atoms with van der Waals surface area (Å²) < 4.78 is 5.46. The van der Waals surface area contributed by atoms with Crippen molar-refractivity contribution in [3.8, 4) is 16.5 Å². The quantitative estimate of drug-likeness (QED) is 0.783. The minimum Gasteiger partial charge on any atom is -0.470 e. The summed E-state index contributed by atoms with van der Waals surface area (Å²) >= 11 is 1.55. The molecule has 1 aromatic heterocycles. The summed E-state index contributed by atoms with van der Waals surface area (Å²) in [5, 5.41) is 2.79. The predicted molar refractivity (Wildman–Crippen MR) is 63.3 cm³/mol. The Balaban J connectivity index is 2.14. The van der Waals surface area contributed by atoms with Gasteiger partial charge in [0.1, 0.15) is 0 Å². The van der Waals surface area contributed by atoms with E-state index in [9.17, 15) is 0 Å². The van der Waals surface area contributed by atoms with Crippen LogP contribution in [-0.4, -0.2) is 11.6 Å². The van der Waals surface area contributed by atoms with Crippen LogP contribution in [0, 0.1) is 0 Å². The van der Waals surface area contributed by atoms with E-state index >= 15 is 0 Å². The molecule has 2 rings (SSSR count). The van der Waals surface area contributed by atoms with Crippen molar-refractivity contribution < 1.29 is 4.74 Å². The molecule has 0 bridgehead atoms. The number of hydrogen-bond acceptors (Lipinski definition) is 3. The summed E-state index contributed by atoms with van der Waals surface area (Å²) in [5.74, 6) is 0. The number of ether oxygens (including phenoxy) is 1. The highest BCUT2D eigenvalue weighted by atomic mass is 32.1. The molecule has 0 aliphatic carbocycles. The molecule has 0 unspecified atom stereocenters. The van der Waals surface area contributed by atoms with Gasteiger partial charge in [0.2, 0.25) is 0 Å². The van der Waals surface area contributed by atoms with Gasteiger partial charge in [0.25, 0.3) is 5.19 Å². The van der Waals surface area contributed by atoms with Crippen LogP contribution in [0.25, 0.3) is 11.3 Å². The second kappa shape index (κ2) is 4.94. The molecule has 0 amide bonds. The first kappa shape index (κ1) is 10.2. The Morgan fingerprint density at radius 2 is 2.07 bits per heavy atom. The Hall–Kier alpha value is -1.35. The summed E-state index contributed by atoms with van der Waals surface area (Å²) in [6.45, 7) is 2.83.